The number of aromatic amines is 1. The largest absolute Gasteiger partial charge is 0.382 e. The number of rotatable bonds is 1. The molecule has 1 saturated heterocycles. The number of amides is 1. The number of carbonyl (C=O) groups is 1. The summed E-state index contributed by atoms with van der Waals surface area (Å²) >= 11 is 0. The smallest absolute Gasteiger partial charge is 0.259 e. The van der Waals surface area contributed by atoms with E-state index in [1.165, 1.54) is 0 Å². The van der Waals surface area contributed by atoms with Crippen molar-refractivity contribution in [1.29, 1.82) is 0 Å². The van der Waals surface area contributed by atoms with E-state index in [2.05, 4.69) is 36.0 Å². The first-order chi connectivity index (χ1) is 8.33. The number of nitrogen functional groups attached to an aromatic ring is 1. The van der Waals surface area contributed by atoms with Crippen LogP contribution >= 0.6 is 0 Å². The Bertz CT molecular complexity index is 446. The second-order valence-corrected chi connectivity index (χ2v) is 5.57. The Kier molecular flexibility index (Phi) is 3.06. The van der Waals surface area contributed by atoms with Crippen molar-refractivity contribution in [3.8, 4) is 0 Å². The van der Waals surface area contributed by atoms with Crippen LogP contribution in [0.2, 0.25) is 0 Å². The molecule has 1 aromatic rings. The van der Waals surface area contributed by atoms with Crippen LogP contribution in [0.15, 0.2) is 0 Å². The molecule has 0 aliphatic carbocycles. The number of nitrogens with one attached hydrogen (secondary N) is 1. The highest BCUT2D eigenvalue weighted by Gasteiger charge is 2.34. The fourth-order valence-corrected chi connectivity index (χ4v) is 2.29. The Morgan fingerprint density at radius 3 is 2.61 bits per heavy atom. The van der Waals surface area contributed by atoms with Crippen molar-refractivity contribution in [2.45, 2.75) is 26.3 Å². The van der Waals surface area contributed by atoms with Gasteiger partial charge in [0.25, 0.3) is 5.91 Å². The second kappa shape index (κ2) is 4.28. The lowest BCUT2D eigenvalue weighted by Crippen LogP contribution is -2.58. The maximum atomic E-state index is 12.5. The topological polar surface area (TPSA) is 78.2 Å². The predicted molar refractivity (Wildman–Crippen MR) is 70.3 cm³/mol. The van der Waals surface area contributed by atoms with Crippen molar-refractivity contribution >= 4 is 11.7 Å². The molecule has 1 aliphatic rings. The number of carbonyl (C=O) groups excluding carboxylic acids is 1. The van der Waals surface area contributed by atoms with Crippen molar-refractivity contribution in [2.24, 2.45) is 0 Å². The van der Waals surface area contributed by atoms with Gasteiger partial charge in [0.1, 0.15) is 5.56 Å². The Balaban J connectivity index is 2.21. The van der Waals surface area contributed by atoms with Gasteiger partial charge in [-0.05, 0) is 27.8 Å². The molecule has 0 bridgehead atoms. The molecule has 0 aromatic carbocycles. The van der Waals surface area contributed by atoms with Crippen LogP contribution in [0.1, 0.15) is 29.9 Å². The number of hydrogen-bond acceptors (Lipinski definition) is 4. The van der Waals surface area contributed by atoms with Crippen molar-refractivity contribution in [2.75, 3.05) is 32.4 Å². The van der Waals surface area contributed by atoms with Gasteiger partial charge < -0.3 is 10.6 Å². The monoisotopic (exact) mass is 251 g/mol. The van der Waals surface area contributed by atoms with Crippen LogP contribution in [0.4, 0.5) is 5.82 Å². The molecule has 2 heterocycles. The summed E-state index contributed by atoms with van der Waals surface area (Å²) in [5.74, 6) is 0.258. The van der Waals surface area contributed by atoms with E-state index in [0.29, 0.717) is 12.1 Å². The maximum Gasteiger partial charge on any atom is 0.259 e. The number of anilines is 1. The van der Waals surface area contributed by atoms with Gasteiger partial charge in [-0.3, -0.25) is 14.8 Å². The third kappa shape index (κ3) is 2.08. The molecule has 1 amide bonds. The quantitative estimate of drug-likeness (QED) is 0.760. The lowest BCUT2D eigenvalue weighted by atomic mass is 9.99. The summed E-state index contributed by atoms with van der Waals surface area (Å²) in [6.45, 7) is 8.39. The molecule has 100 valence electrons. The van der Waals surface area contributed by atoms with Gasteiger partial charge >= 0.3 is 0 Å². The van der Waals surface area contributed by atoms with Crippen molar-refractivity contribution in [1.82, 2.24) is 20.0 Å². The van der Waals surface area contributed by atoms with Crippen LogP contribution in [0.5, 0.6) is 0 Å². The molecule has 3 N–H and O–H groups in total. The normalized spacial score (nSPS) is 20.1. The highest BCUT2D eigenvalue weighted by Crippen LogP contribution is 2.22. The fraction of sp³-hybridized carbons (Fsp3) is 0.667. The van der Waals surface area contributed by atoms with Gasteiger partial charge in [-0.25, -0.2) is 0 Å². The first-order valence-corrected chi connectivity index (χ1v) is 6.14. The molecule has 1 fully saturated rings. The minimum atomic E-state index is -0.0278. The van der Waals surface area contributed by atoms with Crippen molar-refractivity contribution in [3.63, 3.8) is 0 Å². The number of H-pyrrole nitrogens is 1. The van der Waals surface area contributed by atoms with Crippen LogP contribution in [0.3, 0.4) is 0 Å². The maximum absolute atomic E-state index is 12.5. The molecule has 1 aromatic heterocycles. The molecule has 0 radical (unpaired) electrons. The average molecular weight is 251 g/mol. The standard InChI is InChI=1S/C12H21N5O/c1-8-9(10(13)15-14-8)11(18)17-6-5-16(4)12(2,3)7-17/h5-7H2,1-4H3,(H3,13,14,15). The summed E-state index contributed by atoms with van der Waals surface area (Å²) < 4.78 is 0. The summed E-state index contributed by atoms with van der Waals surface area (Å²) in [6.07, 6.45) is 0. The van der Waals surface area contributed by atoms with E-state index in [9.17, 15) is 4.79 Å². The summed E-state index contributed by atoms with van der Waals surface area (Å²) in [7, 11) is 2.08. The van der Waals surface area contributed by atoms with E-state index in [-0.39, 0.29) is 17.3 Å². The van der Waals surface area contributed by atoms with Crippen LogP contribution in [-0.2, 0) is 0 Å². The first-order valence-electron chi connectivity index (χ1n) is 6.14. The SMILES string of the molecule is Cc1[nH]nc(N)c1C(=O)N1CCN(C)C(C)(C)C1. The van der Waals surface area contributed by atoms with Gasteiger partial charge in [0, 0.05) is 30.9 Å². The lowest BCUT2D eigenvalue weighted by Gasteiger charge is -2.45. The van der Waals surface area contributed by atoms with Crippen LogP contribution in [0, 0.1) is 6.92 Å². The highest BCUT2D eigenvalue weighted by atomic mass is 16.2. The summed E-state index contributed by atoms with van der Waals surface area (Å²) in [5.41, 5.74) is 6.97. The summed E-state index contributed by atoms with van der Waals surface area (Å²) in [6, 6.07) is 0. The molecule has 0 spiro atoms. The Hall–Kier alpha value is -1.56. The average Bonchev–Trinajstić information content (AvgIpc) is 2.61. The fourth-order valence-electron chi connectivity index (χ4n) is 2.29. The molecule has 6 nitrogen and oxygen atoms in total. The van der Waals surface area contributed by atoms with E-state index < -0.39 is 0 Å². The predicted octanol–water partition coefficient (Wildman–Crippen LogP) is 0.467. The van der Waals surface area contributed by atoms with E-state index in [1.54, 1.807) is 0 Å². The molecular formula is C12H21N5O. The van der Waals surface area contributed by atoms with Gasteiger partial charge in [-0.15, -0.1) is 0 Å². The zero-order valence-electron chi connectivity index (χ0n) is 11.4. The number of nitrogens with two attached hydrogens (primary N) is 1. The highest BCUT2D eigenvalue weighted by molar-refractivity contribution is 5.99. The first kappa shape index (κ1) is 12.9. The number of hydrogen-bond donors (Lipinski definition) is 2. The van der Waals surface area contributed by atoms with Crippen LogP contribution < -0.4 is 5.73 Å². The van der Waals surface area contributed by atoms with Gasteiger partial charge in [0.15, 0.2) is 5.82 Å². The Morgan fingerprint density at radius 2 is 2.11 bits per heavy atom. The van der Waals surface area contributed by atoms with Crippen molar-refractivity contribution < 1.29 is 4.79 Å². The second-order valence-electron chi connectivity index (χ2n) is 5.57. The molecular weight excluding hydrogens is 230 g/mol. The molecule has 0 saturated carbocycles. The van der Waals surface area contributed by atoms with E-state index >= 15 is 0 Å². The molecule has 0 atom stereocenters. The third-order valence-electron chi connectivity index (χ3n) is 3.79. The van der Waals surface area contributed by atoms with Gasteiger partial charge in [-0.2, -0.15) is 5.10 Å². The van der Waals surface area contributed by atoms with E-state index in [1.807, 2.05) is 11.8 Å². The molecule has 0 unspecified atom stereocenters. The summed E-state index contributed by atoms with van der Waals surface area (Å²) in [4.78, 5) is 16.6. The summed E-state index contributed by atoms with van der Waals surface area (Å²) in [5, 5.41) is 6.63. The minimum Gasteiger partial charge on any atom is -0.382 e. The van der Waals surface area contributed by atoms with Crippen molar-refractivity contribution in [3.05, 3.63) is 11.3 Å². The number of piperazine rings is 1. The lowest BCUT2D eigenvalue weighted by molar-refractivity contribution is 0.0311. The molecule has 1 aliphatic heterocycles. The van der Waals surface area contributed by atoms with Gasteiger partial charge in [0.2, 0.25) is 0 Å². The van der Waals surface area contributed by atoms with Crippen LogP contribution in [0.25, 0.3) is 0 Å². The molecule has 6 heteroatoms. The number of likely N-dealkylation sites (N-methyl/N-ethyl adjacent to an activating group) is 1. The molecule has 2 rings (SSSR count). The Labute approximate surface area is 107 Å². The van der Waals surface area contributed by atoms with E-state index in [4.69, 9.17) is 5.73 Å². The van der Waals surface area contributed by atoms with Crippen LogP contribution in [-0.4, -0.2) is 58.1 Å². The zero-order valence-corrected chi connectivity index (χ0v) is 11.4. The number of aryl methyl sites for hydroxylation is 1. The van der Waals surface area contributed by atoms with E-state index in [0.717, 1.165) is 18.8 Å². The molecule has 18 heavy (non-hydrogen) atoms. The van der Waals surface area contributed by atoms with Gasteiger partial charge in [-0.1, -0.05) is 0 Å². The number of aromatic nitrogens is 2. The third-order valence-corrected chi connectivity index (χ3v) is 3.79. The van der Waals surface area contributed by atoms with Gasteiger partial charge in [0.05, 0.1) is 0 Å². The zero-order chi connectivity index (χ0) is 13.5. The number of nitrogens with zero attached hydrogens (tertiary/aromatic N) is 3. The Morgan fingerprint density at radius 1 is 1.44 bits per heavy atom. The minimum absolute atomic E-state index is 0.0136.